The Morgan fingerprint density at radius 3 is 2.76 bits per heavy atom. The van der Waals surface area contributed by atoms with Gasteiger partial charge in [-0.15, -0.1) is 10.2 Å². The van der Waals surface area contributed by atoms with E-state index < -0.39 is 0 Å². The molecular weight excluding hydrogens is 238 g/mol. The van der Waals surface area contributed by atoms with Crippen LogP contribution in [0.3, 0.4) is 0 Å². The van der Waals surface area contributed by atoms with E-state index in [0.717, 1.165) is 5.01 Å². The molecule has 1 aromatic carbocycles. The summed E-state index contributed by atoms with van der Waals surface area (Å²) in [6, 6.07) is 6.96. The summed E-state index contributed by atoms with van der Waals surface area (Å²) in [5, 5.41) is 11.6. The van der Waals surface area contributed by atoms with Crippen molar-refractivity contribution < 1.29 is 4.79 Å². The van der Waals surface area contributed by atoms with Crippen LogP contribution in [0.5, 0.6) is 0 Å². The Morgan fingerprint density at radius 2 is 2.12 bits per heavy atom. The van der Waals surface area contributed by atoms with E-state index in [0.29, 0.717) is 16.4 Å². The molecule has 6 nitrogen and oxygen atoms in total. The number of benzene rings is 1. The van der Waals surface area contributed by atoms with Gasteiger partial charge >= 0.3 is 0 Å². The number of amides is 1. The molecule has 2 aromatic rings. The minimum absolute atomic E-state index is 0.269. The summed E-state index contributed by atoms with van der Waals surface area (Å²) < 4.78 is 0. The van der Waals surface area contributed by atoms with Crippen molar-refractivity contribution in [2.24, 2.45) is 5.84 Å². The summed E-state index contributed by atoms with van der Waals surface area (Å²) in [5.41, 5.74) is 3.50. The third-order valence-electron chi connectivity index (χ3n) is 2.07. The predicted octanol–water partition coefficient (Wildman–Crippen LogP) is 1.38. The van der Waals surface area contributed by atoms with E-state index in [2.05, 4.69) is 20.9 Å². The summed E-state index contributed by atoms with van der Waals surface area (Å²) in [4.78, 5) is 11.9. The molecule has 0 fully saturated rings. The van der Waals surface area contributed by atoms with Crippen molar-refractivity contribution in [3.8, 4) is 0 Å². The Hall–Kier alpha value is -1.99. The minimum Gasteiger partial charge on any atom is -0.323 e. The number of nitrogen functional groups attached to an aromatic ring is 1. The molecule has 88 valence electrons. The maximum absolute atomic E-state index is 11.9. The van der Waals surface area contributed by atoms with Crippen LogP contribution in [0.25, 0.3) is 0 Å². The second kappa shape index (κ2) is 4.89. The number of hydrazine groups is 1. The van der Waals surface area contributed by atoms with Crippen molar-refractivity contribution in [1.82, 2.24) is 10.2 Å². The summed E-state index contributed by atoms with van der Waals surface area (Å²) >= 11 is 1.32. The van der Waals surface area contributed by atoms with Crippen molar-refractivity contribution in [2.45, 2.75) is 6.92 Å². The molecule has 0 aliphatic rings. The van der Waals surface area contributed by atoms with Gasteiger partial charge in [0.05, 0.1) is 11.3 Å². The summed E-state index contributed by atoms with van der Waals surface area (Å²) in [6.45, 7) is 1.82. The van der Waals surface area contributed by atoms with Crippen LogP contribution in [-0.4, -0.2) is 16.1 Å². The number of rotatable bonds is 3. The van der Waals surface area contributed by atoms with E-state index in [1.165, 1.54) is 11.3 Å². The molecule has 0 saturated heterocycles. The van der Waals surface area contributed by atoms with E-state index in [4.69, 9.17) is 5.84 Å². The van der Waals surface area contributed by atoms with E-state index in [-0.39, 0.29) is 5.91 Å². The highest BCUT2D eigenvalue weighted by molar-refractivity contribution is 7.15. The van der Waals surface area contributed by atoms with Crippen LogP contribution in [0, 0.1) is 6.92 Å². The van der Waals surface area contributed by atoms with E-state index in [1.807, 2.05) is 6.92 Å². The third kappa shape index (κ3) is 2.58. The summed E-state index contributed by atoms with van der Waals surface area (Å²) in [6.07, 6.45) is 0. The van der Waals surface area contributed by atoms with Crippen molar-refractivity contribution in [3.05, 3.63) is 34.8 Å². The van der Waals surface area contributed by atoms with Gasteiger partial charge in [-0.1, -0.05) is 23.5 Å². The van der Waals surface area contributed by atoms with Crippen molar-refractivity contribution in [2.75, 3.05) is 10.7 Å². The van der Waals surface area contributed by atoms with E-state index >= 15 is 0 Å². The van der Waals surface area contributed by atoms with Gasteiger partial charge < -0.3 is 5.43 Å². The number of nitrogens with two attached hydrogens (primary N) is 1. The third-order valence-corrected chi connectivity index (χ3v) is 2.83. The van der Waals surface area contributed by atoms with Gasteiger partial charge in [0.1, 0.15) is 5.01 Å². The molecule has 0 aliphatic carbocycles. The number of carbonyl (C=O) groups excluding carboxylic acids is 1. The SMILES string of the molecule is Cc1nnc(NC(=O)c2ccccc2NN)s1. The Labute approximate surface area is 102 Å². The first-order chi connectivity index (χ1) is 8.20. The van der Waals surface area contributed by atoms with Crippen LogP contribution in [0.15, 0.2) is 24.3 Å². The van der Waals surface area contributed by atoms with E-state index in [1.54, 1.807) is 24.3 Å². The first-order valence-electron chi connectivity index (χ1n) is 4.88. The Kier molecular flexibility index (Phi) is 3.31. The summed E-state index contributed by atoms with van der Waals surface area (Å²) in [5.74, 6) is 5.06. The average molecular weight is 249 g/mol. The maximum Gasteiger partial charge on any atom is 0.259 e. The molecule has 7 heteroatoms. The Morgan fingerprint density at radius 1 is 1.35 bits per heavy atom. The molecule has 2 rings (SSSR count). The lowest BCUT2D eigenvalue weighted by Crippen LogP contribution is -2.17. The Balaban J connectivity index is 2.20. The highest BCUT2D eigenvalue weighted by Gasteiger charge is 2.12. The van der Waals surface area contributed by atoms with E-state index in [9.17, 15) is 4.79 Å². The molecule has 1 heterocycles. The number of anilines is 2. The highest BCUT2D eigenvalue weighted by atomic mass is 32.1. The minimum atomic E-state index is -0.269. The molecule has 4 N–H and O–H groups in total. The van der Waals surface area contributed by atoms with Crippen molar-refractivity contribution >= 4 is 28.1 Å². The average Bonchev–Trinajstić information content (AvgIpc) is 2.74. The lowest BCUT2D eigenvalue weighted by atomic mass is 10.1. The van der Waals surface area contributed by atoms with Crippen molar-refractivity contribution in [1.29, 1.82) is 0 Å². The smallest absolute Gasteiger partial charge is 0.259 e. The standard InChI is InChI=1S/C10H11N5OS/c1-6-14-15-10(17-6)12-9(16)7-4-2-3-5-8(7)13-11/h2-5,13H,11H2,1H3,(H,12,15,16). The second-order valence-corrected chi connectivity index (χ2v) is 4.45. The zero-order chi connectivity index (χ0) is 12.3. The van der Waals surface area contributed by atoms with Gasteiger partial charge in [-0.3, -0.25) is 16.0 Å². The molecule has 1 amide bonds. The molecule has 0 spiro atoms. The largest absolute Gasteiger partial charge is 0.323 e. The highest BCUT2D eigenvalue weighted by Crippen LogP contribution is 2.18. The predicted molar refractivity (Wildman–Crippen MR) is 66.9 cm³/mol. The van der Waals surface area contributed by atoms with Gasteiger partial charge in [0.15, 0.2) is 0 Å². The van der Waals surface area contributed by atoms with Gasteiger partial charge in [0, 0.05) is 0 Å². The monoisotopic (exact) mass is 249 g/mol. The van der Waals surface area contributed by atoms with Crippen LogP contribution >= 0.6 is 11.3 Å². The van der Waals surface area contributed by atoms with Crippen LogP contribution in [0.2, 0.25) is 0 Å². The Bertz CT molecular complexity index is 539. The maximum atomic E-state index is 11.9. The second-order valence-electron chi connectivity index (χ2n) is 3.27. The zero-order valence-electron chi connectivity index (χ0n) is 9.10. The first kappa shape index (κ1) is 11.5. The van der Waals surface area contributed by atoms with Gasteiger partial charge in [-0.05, 0) is 19.1 Å². The fraction of sp³-hybridized carbons (Fsp3) is 0.100. The number of nitrogens with one attached hydrogen (secondary N) is 2. The van der Waals surface area contributed by atoms with Crippen molar-refractivity contribution in [3.63, 3.8) is 0 Å². The molecule has 0 unspecified atom stereocenters. The molecule has 0 bridgehead atoms. The number of para-hydroxylation sites is 1. The molecular formula is C10H11N5OS. The van der Waals surface area contributed by atoms with Gasteiger partial charge in [0.25, 0.3) is 5.91 Å². The number of aryl methyl sites for hydroxylation is 1. The summed E-state index contributed by atoms with van der Waals surface area (Å²) in [7, 11) is 0. The van der Waals surface area contributed by atoms with Gasteiger partial charge in [-0.2, -0.15) is 0 Å². The topological polar surface area (TPSA) is 92.9 Å². The van der Waals surface area contributed by atoms with Crippen LogP contribution in [0.4, 0.5) is 10.8 Å². The quantitative estimate of drug-likeness (QED) is 0.564. The molecule has 0 atom stereocenters. The number of nitrogens with zero attached hydrogens (tertiary/aromatic N) is 2. The molecule has 0 saturated carbocycles. The fourth-order valence-corrected chi connectivity index (χ4v) is 1.91. The number of carbonyl (C=O) groups is 1. The molecule has 1 aromatic heterocycles. The van der Waals surface area contributed by atoms with Gasteiger partial charge in [-0.25, -0.2) is 0 Å². The van der Waals surface area contributed by atoms with Crippen LogP contribution < -0.4 is 16.6 Å². The van der Waals surface area contributed by atoms with Gasteiger partial charge in [0.2, 0.25) is 5.13 Å². The lowest BCUT2D eigenvalue weighted by Gasteiger charge is -2.07. The van der Waals surface area contributed by atoms with Crippen LogP contribution in [0.1, 0.15) is 15.4 Å². The molecule has 0 radical (unpaired) electrons. The normalized spacial score (nSPS) is 10.0. The molecule has 0 aliphatic heterocycles. The number of hydrogen-bond donors (Lipinski definition) is 3. The lowest BCUT2D eigenvalue weighted by molar-refractivity contribution is 0.102. The number of hydrogen-bond acceptors (Lipinski definition) is 6. The number of aromatic nitrogens is 2. The zero-order valence-corrected chi connectivity index (χ0v) is 9.91. The first-order valence-corrected chi connectivity index (χ1v) is 5.69. The fourth-order valence-electron chi connectivity index (χ4n) is 1.32. The molecule has 17 heavy (non-hydrogen) atoms. The van der Waals surface area contributed by atoms with Crippen LogP contribution in [-0.2, 0) is 0 Å².